The van der Waals surface area contributed by atoms with Crippen molar-refractivity contribution in [2.45, 2.75) is 19.0 Å². The molecule has 33 heavy (non-hydrogen) atoms. The predicted octanol–water partition coefficient (Wildman–Crippen LogP) is 5.14. The number of β-lactam (4-membered cyclic amide) rings is 1. The molecule has 3 aromatic rings. The molecule has 0 N–H and O–H groups in total. The largest absolute Gasteiger partial charge is 0.494 e. The Balaban J connectivity index is 1.58. The molecule has 2 aliphatic heterocycles. The van der Waals surface area contributed by atoms with Crippen LogP contribution in [0.5, 0.6) is 5.75 Å². The molecule has 0 saturated carbocycles. The minimum absolute atomic E-state index is 0.296. The van der Waals surface area contributed by atoms with Crippen LogP contribution in [-0.4, -0.2) is 35.3 Å². The maximum atomic E-state index is 13.4. The van der Waals surface area contributed by atoms with E-state index >= 15 is 0 Å². The van der Waals surface area contributed by atoms with E-state index in [0.29, 0.717) is 39.2 Å². The summed E-state index contributed by atoms with van der Waals surface area (Å²) in [6.07, 6.45) is 0. The van der Waals surface area contributed by atoms with Gasteiger partial charge in [-0.15, -0.1) is 0 Å². The van der Waals surface area contributed by atoms with E-state index in [0.717, 1.165) is 10.5 Å². The highest BCUT2D eigenvalue weighted by atomic mass is 35.5. The van der Waals surface area contributed by atoms with Crippen LogP contribution in [-0.2, 0) is 4.79 Å². The van der Waals surface area contributed by atoms with Gasteiger partial charge in [0.1, 0.15) is 11.8 Å². The summed E-state index contributed by atoms with van der Waals surface area (Å²) in [6, 6.07) is 17.1. The van der Waals surface area contributed by atoms with Crippen LogP contribution in [0.3, 0.4) is 0 Å². The number of nitrogens with zero attached hydrogens (tertiary/aromatic N) is 2. The molecule has 166 valence electrons. The van der Waals surface area contributed by atoms with E-state index in [9.17, 15) is 14.4 Å². The summed E-state index contributed by atoms with van der Waals surface area (Å²) in [7, 11) is 0. The topological polar surface area (TPSA) is 66.9 Å². The number of hydrogen-bond acceptors (Lipinski definition) is 4. The van der Waals surface area contributed by atoms with E-state index in [4.69, 9.17) is 27.9 Å². The number of halogens is 2. The normalized spacial score (nSPS) is 19.5. The quantitative estimate of drug-likeness (QED) is 0.374. The number of hydrogen-bond donors (Lipinski definition) is 0. The molecule has 2 aliphatic rings. The Morgan fingerprint density at radius 1 is 0.788 bits per heavy atom. The second-order valence-electron chi connectivity index (χ2n) is 7.75. The fourth-order valence-corrected chi connectivity index (χ4v) is 4.93. The lowest BCUT2D eigenvalue weighted by Gasteiger charge is -2.49. The maximum Gasteiger partial charge on any atom is 0.262 e. The zero-order valence-electron chi connectivity index (χ0n) is 17.5. The lowest BCUT2D eigenvalue weighted by Crippen LogP contribution is -2.67. The van der Waals surface area contributed by atoms with Crippen LogP contribution in [0.4, 0.5) is 5.69 Å². The van der Waals surface area contributed by atoms with Crippen LogP contribution in [0.15, 0.2) is 66.7 Å². The average molecular weight is 481 g/mol. The second kappa shape index (κ2) is 8.21. The first kappa shape index (κ1) is 21.5. The highest BCUT2D eigenvalue weighted by Crippen LogP contribution is 2.45. The van der Waals surface area contributed by atoms with Gasteiger partial charge in [-0.25, -0.2) is 0 Å². The molecule has 0 aliphatic carbocycles. The Kier molecular flexibility index (Phi) is 5.35. The number of benzene rings is 3. The Bertz CT molecular complexity index is 1240. The molecule has 0 spiro atoms. The third kappa shape index (κ3) is 3.46. The fourth-order valence-electron chi connectivity index (χ4n) is 4.41. The molecule has 3 aromatic carbocycles. The van der Waals surface area contributed by atoms with Crippen molar-refractivity contribution in [3.8, 4) is 5.75 Å². The van der Waals surface area contributed by atoms with Crippen molar-refractivity contribution >= 4 is 46.6 Å². The smallest absolute Gasteiger partial charge is 0.262 e. The standard InChI is InChI=1S/C25H18Cl2N2O4/c1-2-33-18-9-7-14(8-10-18)21-22(25(32)28(21)17-12-15(26)11-16(27)13-17)29-23(30)19-5-3-4-6-20(19)24(29)31/h3-13,21-22H,2H2,1H3. The number of anilines is 1. The number of imide groups is 1. The van der Waals surface area contributed by atoms with Gasteiger partial charge >= 0.3 is 0 Å². The first-order valence-corrected chi connectivity index (χ1v) is 11.1. The zero-order chi connectivity index (χ0) is 23.3. The summed E-state index contributed by atoms with van der Waals surface area (Å²) < 4.78 is 5.53. The van der Waals surface area contributed by atoms with Crippen molar-refractivity contribution in [2.24, 2.45) is 0 Å². The van der Waals surface area contributed by atoms with Crippen molar-refractivity contribution in [2.75, 3.05) is 11.5 Å². The number of rotatable bonds is 5. The maximum absolute atomic E-state index is 13.4. The molecule has 8 heteroatoms. The van der Waals surface area contributed by atoms with Crippen molar-refractivity contribution in [1.82, 2.24) is 4.90 Å². The molecule has 2 atom stereocenters. The molecule has 0 radical (unpaired) electrons. The lowest BCUT2D eigenvalue weighted by atomic mass is 9.86. The first-order chi connectivity index (χ1) is 15.9. The van der Waals surface area contributed by atoms with Gasteiger partial charge in [0.15, 0.2) is 0 Å². The third-order valence-corrected chi connectivity index (χ3v) is 6.27. The van der Waals surface area contributed by atoms with Gasteiger partial charge in [0.05, 0.1) is 23.8 Å². The van der Waals surface area contributed by atoms with Crippen LogP contribution in [0, 0.1) is 0 Å². The van der Waals surface area contributed by atoms with Gasteiger partial charge in [-0.3, -0.25) is 19.3 Å². The molecule has 2 unspecified atom stereocenters. The Hall–Kier alpha value is -3.35. The number of fused-ring (bicyclic) bond motifs is 1. The highest BCUT2D eigenvalue weighted by molar-refractivity contribution is 6.35. The SMILES string of the molecule is CCOc1ccc(C2C(N3C(=O)c4ccccc4C3=O)C(=O)N2c2cc(Cl)cc(Cl)c2)cc1. The summed E-state index contributed by atoms with van der Waals surface area (Å²) in [5.74, 6) is -0.661. The number of carbonyl (C=O) groups excluding carboxylic acids is 3. The highest BCUT2D eigenvalue weighted by Gasteiger charge is 2.57. The van der Waals surface area contributed by atoms with Crippen LogP contribution >= 0.6 is 23.2 Å². The Labute approximate surface area is 200 Å². The van der Waals surface area contributed by atoms with E-state index in [1.54, 1.807) is 54.6 Å². The summed E-state index contributed by atoms with van der Waals surface area (Å²) in [5, 5.41) is 0.750. The zero-order valence-corrected chi connectivity index (χ0v) is 19.0. The molecule has 3 amide bonds. The minimum atomic E-state index is -0.992. The molecule has 0 aromatic heterocycles. The van der Waals surface area contributed by atoms with Gasteiger partial charge in [0.25, 0.3) is 17.7 Å². The summed E-state index contributed by atoms with van der Waals surface area (Å²) >= 11 is 12.4. The number of carbonyl (C=O) groups is 3. The van der Waals surface area contributed by atoms with Gasteiger partial charge in [0.2, 0.25) is 0 Å². The van der Waals surface area contributed by atoms with Crippen LogP contribution in [0.25, 0.3) is 0 Å². The third-order valence-electron chi connectivity index (χ3n) is 5.83. The summed E-state index contributed by atoms with van der Waals surface area (Å²) in [5.41, 5.74) is 1.83. The molecular weight excluding hydrogens is 463 g/mol. The molecule has 1 fully saturated rings. The average Bonchev–Trinajstić information content (AvgIpc) is 3.03. The van der Waals surface area contributed by atoms with Gasteiger partial charge < -0.3 is 9.64 Å². The van der Waals surface area contributed by atoms with Gasteiger partial charge in [-0.2, -0.15) is 0 Å². The molecule has 2 heterocycles. The van der Waals surface area contributed by atoms with E-state index in [1.165, 1.54) is 4.90 Å². The molecule has 5 rings (SSSR count). The molecular formula is C25H18Cl2N2O4. The van der Waals surface area contributed by atoms with Crippen LogP contribution in [0.2, 0.25) is 10.0 Å². The minimum Gasteiger partial charge on any atom is -0.494 e. The van der Waals surface area contributed by atoms with Gasteiger partial charge in [0, 0.05) is 15.7 Å². The number of ether oxygens (including phenoxy) is 1. The summed E-state index contributed by atoms with van der Waals surface area (Å²) in [6.45, 7) is 2.41. The molecule has 6 nitrogen and oxygen atoms in total. The van der Waals surface area contributed by atoms with Crippen molar-refractivity contribution in [1.29, 1.82) is 0 Å². The van der Waals surface area contributed by atoms with Crippen molar-refractivity contribution in [3.63, 3.8) is 0 Å². The lowest BCUT2D eigenvalue weighted by molar-refractivity contribution is -0.130. The first-order valence-electron chi connectivity index (χ1n) is 10.4. The monoisotopic (exact) mass is 480 g/mol. The van der Waals surface area contributed by atoms with Gasteiger partial charge in [-0.1, -0.05) is 47.5 Å². The van der Waals surface area contributed by atoms with E-state index in [2.05, 4.69) is 0 Å². The van der Waals surface area contributed by atoms with E-state index in [1.807, 2.05) is 19.1 Å². The predicted molar refractivity (Wildman–Crippen MR) is 125 cm³/mol. The van der Waals surface area contributed by atoms with Gasteiger partial charge in [-0.05, 0) is 55.0 Å². The van der Waals surface area contributed by atoms with E-state index in [-0.39, 0.29) is 5.91 Å². The number of amides is 3. The summed E-state index contributed by atoms with van der Waals surface area (Å²) in [4.78, 5) is 42.3. The van der Waals surface area contributed by atoms with E-state index < -0.39 is 23.9 Å². The molecule has 0 bridgehead atoms. The van der Waals surface area contributed by atoms with Crippen LogP contribution in [0.1, 0.15) is 39.2 Å². The fraction of sp³-hybridized carbons (Fsp3) is 0.160. The molecule has 1 saturated heterocycles. The van der Waals surface area contributed by atoms with Crippen LogP contribution < -0.4 is 9.64 Å². The Morgan fingerprint density at radius 3 is 1.91 bits per heavy atom. The Morgan fingerprint density at radius 2 is 1.36 bits per heavy atom. The van der Waals surface area contributed by atoms with Crippen molar-refractivity contribution in [3.05, 3.63) is 93.5 Å². The van der Waals surface area contributed by atoms with Crippen molar-refractivity contribution < 1.29 is 19.1 Å². The second-order valence-corrected chi connectivity index (χ2v) is 8.63.